The third-order valence-electron chi connectivity index (χ3n) is 4.73. The van der Waals surface area contributed by atoms with Crippen molar-refractivity contribution < 1.29 is 39.8 Å². The molecule has 0 aromatic heterocycles. The van der Waals surface area contributed by atoms with Crippen molar-refractivity contribution in [2.24, 2.45) is 0 Å². The van der Waals surface area contributed by atoms with E-state index in [1.54, 1.807) is 0 Å². The Morgan fingerprint density at radius 2 is 1.74 bits per heavy atom. The fraction of sp³-hybridized carbons (Fsp3) is 0.500. The molecule has 1 saturated carbocycles. The topological polar surface area (TPSA) is 149 Å². The fourth-order valence-electron chi connectivity index (χ4n) is 3.58. The second-order valence-corrected chi connectivity index (χ2v) is 5.91. The predicted molar refractivity (Wildman–Crippen MR) is 72.3 cm³/mol. The Hall–Kier alpha value is -2.07. The summed E-state index contributed by atoms with van der Waals surface area (Å²) in [5.74, 6) is -1.78. The molecule has 1 aromatic carbocycles. The number of carbonyl (C=O) groups excluding carboxylic acids is 1. The van der Waals surface area contributed by atoms with Gasteiger partial charge in [-0.3, -0.25) is 4.79 Å². The van der Waals surface area contributed by atoms with Crippen molar-refractivity contribution in [2.75, 3.05) is 6.79 Å². The van der Waals surface area contributed by atoms with Crippen LogP contribution in [0.5, 0.6) is 17.2 Å². The van der Waals surface area contributed by atoms with Crippen LogP contribution in [0.2, 0.25) is 0 Å². The molecule has 3 aliphatic rings. The number of hydrogen-bond donors (Lipinski definition) is 6. The first-order valence-electron chi connectivity index (χ1n) is 7.10. The van der Waals surface area contributed by atoms with Crippen LogP contribution in [0.4, 0.5) is 0 Å². The summed E-state index contributed by atoms with van der Waals surface area (Å²) < 4.78 is 10.3. The lowest BCUT2D eigenvalue weighted by molar-refractivity contribution is -0.155. The molecule has 2 heterocycles. The van der Waals surface area contributed by atoms with Crippen LogP contribution in [0.25, 0.3) is 0 Å². The maximum Gasteiger partial charge on any atom is 0.255 e. The minimum absolute atomic E-state index is 0.0313. The Morgan fingerprint density at radius 1 is 1.04 bits per heavy atom. The van der Waals surface area contributed by atoms with Gasteiger partial charge in [-0.05, 0) is 11.6 Å². The minimum atomic E-state index is -1.60. The summed E-state index contributed by atoms with van der Waals surface area (Å²) in [6.07, 6.45) is -6.11. The molecular weight excluding hydrogens is 310 g/mol. The van der Waals surface area contributed by atoms with Crippen molar-refractivity contribution in [3.8, 4) is 17.2 Å². The number of carbonyl (C=O) groups is 1. The first-order valence-corrected chi connectivity index (χ1v) is 7.10. The smallest absolute Gasteiger partial charge is 0.255 e. The summed E-state index contributed by atoms with van der Waals surface area (Å²) >= 11 is 0. The Labute approximate surface area is 129 Å². The van der Waals surface area contributed by atoms with Gasteiger partial charge < -0.3 is 40.3 Å². The van der Waals surface area contributed by atoms with Gasteiger partial charge in [-0.15, -0.1) is 0 Å². The summed E-state index contributed by atoms with van der Waals surface area (Å²) in [5.41, 5.74) is 0.114. The number of aliphatic hydroxyl groups excluding tert-OH is 4. The number of phenolic OH excluding ortho intramolecular Hbond substituents is 1. The second-order valence-electron chi connectivity index (χ2n) is 5.91. The van der Waals surface area contributed by atoms with E-state index in [0.29, 0.717) is 0 Å². The van der Waals surface area contributed by atoms with E-state index in [2.05, 4.69) is 5.32 Å². The summed E-state index contributed by atoms with van der Waals surface area (Å²) in [4.78, 5) is 12.3. The highest BCUT2D eigenvalue weighted by molar-refractivity contribution is 6.01. The first-order chi connectivity index (χ1) is 10.9. The van der Waals surface area contributed by atoms with Gasteiger partial charge in [-0.2, -0.15) is 0 Å². The van der Waals surface area contributed by atoms with E-state index in [0.717, 1.165) is 0 Å². The zero-order valence-corrected chi connectivity index (χ0v) is 11.7. The Kier molecular flexibility index (Phi) is 2.97. The van der Waals surface area contributed by atoms with E-state index in [1.807, 2.05) is 0 Å². The number of phenols is 1. The van der Waals surface area contributed by atoms with Gasteiger partial charge in [-0.25, -0.2) is 0 Å². The lowest BCUT2D eigenvalue weighted by Crippen LogP contribution is -2.66. The largest absolute Gasteiger partial charge is 0.504 e. The maximum atomic E-state index is 12.3. The minimum Gasteiger partial charge on any atom is -0.504 e. The van der Waals surface area contributed by atoms with Gasteiger partial charge in [0.15, 0.2) is 11.5 Å². The average Bonchev–Trinajstić information content (AvgIpc) is 2.99. The zero-order chi connectivity index (χ0) is 16.5. The van der Waals surface area contributed by atoms with E-state index < -0.39 is 48.0 Å². The van der Waals surface area contributed by atoms with Crippen molar-refractivity contribution in [3.05, 3.63) is 17.2 Å². The van der Waals surface area contributed by atoms with Crippen molar-refractivity contribution in [2.45, 2.75) is 36.4 Å². The van der Waals surface area contributed by atoms with Gasteiger partial charge in [0.25, 0.3) is 5.91 Å². The monoisotopic (exact) mass is 325 g/mol. The normalized spacial score (nSPS) is 37.8. The summed E-state index contributed by atoms with van der Waals surface area (Å²) in [6, 6.07) is 0.428. The van der Waals surface area contributed by atoms with Crippen molar-refractivity contribution >= 4 is 5.91 Å². The molecule has 1 aromatic rings. The molecule has 124 valence electrons. The molecule has 0 bridgehead atoms. The lowest BCUT2D eigenvalue weighted by atomic mass is 9.70. The van der Waals surface area contributed by atoms with Crippen LogP contribution in [0, 0.1) is 0 Å². The van der Waals surface area contributed by atoms with Gasteiger partial charge >= 0.3 is 0 Å². The van der Waals surface area contributed by atoms with Crippen LogP contribution in [-0.2, 0) is 0 Å². The number of fused-ring (bicyclic) bond motifs is 4. The standard InChI is InChI=1S/C14H15NO8/c16-8-5-3-1-4-13(23-2-22-4)9(17)6(3)14(21)15-7(5)10(18)12(20)11(8)19/h1,5,7-8,10-12,16-20H,2H2,(H,15,21)/t5-,7+,8-,10-,11+,12-/m1/s1. The van der Waals surface area contributed by atoms with E-state index in [4.69, 9.17) is 9.47 Å². The molecule has 0 spiro atoms. The van der Waals surface area contributed by atoms with Gasteiger partial charge in [0.05, 0.1) is 17.7 Å². The number of amides is 1. The van der Waals surface area contributed by atoms with Crippen molar-refractivity contribution in [1.82, 2.24) is 5.32 Å². The predicted octanol–water partition coefficient (Wildman–Crippen LogP) is -2.23. The van der Waals surface area contributed by atoms with Crippen LogP contribution in [0.3, 0.4) is 0 Å². The van der Waals surface area contributed by atoms with Crippen LogP contribution < -0.4 is 14.8 Å². The van der Waals surface area contributed by atoms with E-state index >= 15 is 0 Å². The SMILES string of the molecule is O=C1N[C@@H]2[C@@H](O)[C@@H](O)[C@@H](O)[C@H](O)[C@@H]2c2cc3c(c(O)c21)OCO3. The van der Waals surface area contributed by atoms with Crippen LogP contribution in [-0.4, -0.2) is 68.7 Å². The van der Waals surface area contributed by atoms with Crippen molar-refractivity contribution in [1.29, 1.82) is 0 Å². The van der Waals surface area contributed by atoms with Crippen LogP contribution in [0.1, 0.15) is 21.8 Å². The molecule has 23 heavy (non-hydrogen) atoms. The highest BCUT2D eigenvalue weighted by Gasteiger charge is 2.53. The quantitative estimate of drug-likeness (QED) is 0.314. The summed E-state index contributed by atoms with van der Waals surface area (Å²) in [7, 11) is 0. The van der Waals surface area contributed by atoms with Crippen LogP contribution in [0.15, 0.2) is 6.07 Å². The number of aliphatic hydroxyl groups is 4. The number of benzene rings is 1. The number of rotatable bonds is 0. The van der Waals surface area contributed by atoms with Gasteiger partial charge in [0, 0.05) is 5.92 Å². The number of nitrogens with one attached hydrogen (secondary N) is 1. The van der Waals surface area contributed by atoms with Crippen LogP contribution >= 0.6 is 0 Å². The molecule has 1 amide bonds. The third kappa shape index (κ3) is 1.78. The first kappa shape index (κ1) is 14.5. The Bertz CT molecular complexity index is 692. The van der Waals surface area contributed by atoms with E-state index in [1.165, 1.54) is 6.07 Å². The molecule has 4 rings (SSSR count). The van der Waals surface area contributed by atoms with E-state index in [-0.39, 0.29) is 29.4 Å². The average molecular weight is 325 g/mol. The third-order valence-corrected chi connectivity index (χ3v) is 4.73. The molecule has 1 aliphatic carbocycles. The molecule has 0 unspecified atom stereocenters. The number of ether oxygens (including phenoxy) is 2. The number of aromatic hydroxyl groups is 1. The second kappa shape index (κ2) is 4.71. The molecule has 1 fully saturated rings. The molecular formula is C14H15NO8. The lowest BCUT2D eigenvalue weighted by Gasteiger charge is -2.47. The van der Waals surface area contributed by atoms with Crippen molar-refractivity contribution in [3.63, 3.8) is 0 Å². The molecule has 6 atom stereocenters. The summed E-state index contributed by atoms with van der Waals surface area (Å²) in [6.45, 7) is -0.117. The maximum absolute atomic E-state index is 12.3. The summed E-state index contributed by atoms with van der Waals surface area (Å²) in [5, 5.41) is 52.9. The molecule has 6 N–H and O–H groups in total. The highest BCUT2D eigenvalue weighted by Crippen LogP contribution is 2.49. The van der Waals surface area contributed by atoms with E-state index in [9.17, 15) is 30.3 Å². The molecule has 0 saturated heterocycles. The molecule has 9 nitrogen and oxygen atoms in total. The van der Waals surface area contributed by atoms with Gasteiger partial charge in [0.1, 0.15) is 18.3 Å². The zero-order valence-electron chi connectivity index (χ0n) is 11.7. The Morgan fingerprint density at radius 3 is 2.48 bits per heavy atom. The Balaban J connectivity index is 1.91. The van der Waals surface area contributed by atoms with Gasteiger partial charge in [-0.1, -0.05) is 0 Å². The molecule has 9 heteroatoms. The molecule has 2 aliphatic heterocycles. The highest BCUT2D eigenvalue weighted by atomic mass is 16.7. The fourth-order valence-corrected chi connectivity index (χ4v) is 3.58. The van der Waals surface area contributed by atoms with Gasteiger partial charge in [0.2, 0.25) is 12.5 Å². The number of hydrogen-bond acceptors (Lipinski definition) is 8. The molecule has 0 radical (unpaired) electrons.